The third-order valence-corrected chi connectivity index (χ3v) is 1.60. The first-order valence-corrected chi connectivity index (χ1v) is 4.67. The van der Waals surface area contributed by atoms with Crippen LogP contribution in [0.4, 0.5) is 0 Å². The fourth-order valence-electron chi connectivity index (χ4n) is 0.594. The van der Waals surface area contributed by atoms with Crippen molar-refractivity contribution in [2.45, 2.75) is 0 Å². The van der Waals surface area contributed by atoms with Crippen LogP contribution in [-0.2, 0) is 0 Å². The molecule has 1 aromatic carbocycles. The Morgan fingerprint density at radius 2 is 1.90 bits per heavy atom. The second kappa shape index (κ2) is 4.03. The van der Waals surface area contributed by atoms with Crippen LogP contribution in [0.1, 0.15) is 0 Å². The summed E-state index contributed by atoms with van der Waals surface area (Å²) < 4.78 is 5.85. The van der Waals surface area contributed by atoms with Crippen LogP contribution in [0, 0.1) is 0 Å². The predicted octanol–water partition coefficient (Wildman–Crippen LogP) is 3.11. The van der Waals surface area contributed by atoms with E-state index in [1.165, 1.54) is 0 Å². The largest absolute Gasteiger partial charge is 0.483 e. The fraction of sp³-hybridized carbons (Fsp3) is 0.143. The maximum Gasteiger partial charge on any atom is 0.139 e. The minimum absolute atomic E-state index is 0.666. The van der Waals surface area contributed by atoms with Crippen LogP contribution in [0.5, 0.6) is 5.75 Å². The van der Waals surface area contributed by atoms with Crippen LogP contribution in [0.25, 0.3) is 0 Å². The average Bonchev–Trinajstić information content (AvgIpc) is 1.95. The molecule has 0 aliphatic heterocycles. The van der Waals surface area contributed by atoms with Gasteiger partial charge in [0.15, 0.2) is 0 Å². The van der Waals surface area contributed by atoms with E-state index < -0.39 is 0 Å². The van der Waals surface area contributed by atoms with E-state index in [0.717, 1.165) is 10.8 Å². The molecule has 1 rings (SSSR count). The van der Waals surface area contributed by atoms with Crippen molar-refractivity contribution in [1.29, 1.82) is 0 Å². The highest BCUT2D eigenvalue weighted by Gasteiger charge is 1.89. The van der Waals surface area contributed by atoms with Crippen molar-refractivity contribution >= 4 is 34.2 Å². The Bertz CT molecular complexity index is 197. The van der Waals surface area contributed by atoms with Gasteiger partial charge in [0, 0.05) is 5.02 Å². The first-order valence-electron chi connectivity index (χ1n) is 2.77. The molecular formula is C7H6ClIO. The Morgan fingerprint density at radius 3 is 2.40 bits per heavy atom. The van der Waals surface area contributed by atoms with E-state index in [-0.39, 0.29) is 0 Å². The molecule has 1 nitrogen and oxygen atoms in total. The van der Waals surface area contributed by atoms with Gasteiger partial charge in [-0.3, -0.25) is 0 Å². The smallest absolute Gasteiger partial charge is 0.139 e. The average molecular weight is 268 g/mol. The number of ether oxygens (including phenoxy) is 1. The van der Waals surface area contributed by atoms with E-state index >= 15 is 0 Å². The minimum atomic E-state index is 0.666. The van der Waals surface area contributed by atoms with Crippen LogP contribution in [0.15, 0.2) is 24.3 Å². The summed E-state index contributed by atoms with van der Waals surface area (Å²) in [6, 6.07) is 7.31. The highest BCUT2D eigenvalue weighted by atomic mass is 127. The lowest BCUT2D eigenvalue weighted by Crippen LogP contribution is -1.86. The monoisotopic (exact) mass is 268 g/mol. The predicted molar refractivity (Wildman–Crippen MR) is 51.0 cm³/mol. The van der Waals surface area contributed by atoms with Gasteiger partial charge in [0.25, 0.3) is 0 Å². The Kier molecular flexibility index (Phi) is 3.28. The third kappa shape index (κ3) is 2.34. The van der Waals surface area contributed by atoms with Crippen molar-refractivity contribution in [1.82, 2.24) is 0 Å². The van der Waals surface area contributed by atoms with Crippen molar-refractivity contribution in [3.63, 3.8) is 0 Å². The number of benzene rings is 1. The number of rotatable bonds is 2. The van der Waals surface area contributed by atoms with Crippen LogP contribution in [0.3, 0.4) is 0 Å². The van der Waals surface area contributed by atoms with E-state index in [9.17, 15) is 0 Å². The second-order valence-electron chi connectivity index (χ2n) is 1.71. The Labute approximate surface area is 78.5 Å². The van der Waals surface area contributed by atoms with Gasteiger partial charge < -0.3 is 4.74 Å². The number of halogens is 2. The lowest BCUT2D eigenvalue weighted by molar-refractivity contribution is 0.404. The molecular weight excluding hydrogens is 262 g/mol. The fourth-order valence-corrected chi connectivity index (χ4v) is 1.08. The Balaban J connectivity index is 2.69. The van der Waals surface area contributed by atoms with Crippen LogP contribution in [0.2, 0.25) is 5.02 Å². The molecule has 0 saturated heterocycles. The first-order chi connectivity index (χ1) is 4.83. The summed E-state index contributed by atoms with van der Waals surface area (Å²) in [4.78, 5) is 0. The van der Waals surface area contributed by atoms with Gasteiger partial charge >= 0.3 is 0 Å². The van der Waals surface area contributed by atoms with Gasteiger partial charge in [-0.25, -0.2) is 0 Å². The molecule has 0 aromatic heterocycles. The lowest BCUT2D eigenvalue weighted by Gasteiger charge is -1.99. The van der Waals surface area contributed by atoms with Crippen molar-refractivity contribution in [2.24, 2.45) is 0 Å². The van der Waals surface area contributed by atoms with E-state index in [1.54, 1.807) is 0 Å². The second-order valence-corrected chi connectivity index (χ2v) is 2.77. The van der Waals surface area contributed by atoms with Gasteiger partial charge in [-0.2, -0.15) is 0 Å². The summed E-state index contributed by atoms with van der Waals surface area (Å²) in [6.45, 7) is 0. The molecule has 0 aliphatic rings. The highest BCUT2D eigenvalue weighted by Crippen LogP contribution is 2.15. The van der Waals surface area contributed by atoms with Crippen LogP contribution < -0.4 is 4.74 Å². The summed E-state index contributed by atoms with van der Waals surface area (Å²) in [5.74, 6) is 0.860. The molecule has 10 heavy (non-hydrogen) atoms. The van der Waals surface area contributed by atoms with Crippen molar-refractivity contribution in [3.05, 3.63) is 29.3 Å². The van der Waals surface area contributed by atoms with Gasteiger partial charge in [-0.1, -0.05) is 11.6 Å². The zero-order valence-corrected chi connectivity index (χ0v) is 8.09. The molecule has 0 saturated carbocycles. The van der Waals surface area contributed by atoms with Gasteiger partial charge in [-0.05, 0) is 46.9 Å². The van der Waals surface area contributed by atoms with E-state index in [2.05, 4.69) is 22.6 Å². The molecule has 3 heteroatoms. The molecule has 0 N–H and O–H groups in total. The molecule has 0 atom stereocenters. The molecule has 0 aliphatic carbocycles. The summed E-state index contributed by atoms with van der Waals surface area (Å²) in [6.07, 6.45) is 0. The standard InChI is InChI=1S/C7H6ClIO/c8-6-1-3-7(4-2-6)10-5-9/h1-4H,5H2. The molecule has 0 amide bonds. The van der Waals surface area contributed by atoms with Crippen molar-refractivity contribution in [2.75, 3.05) is 4.61 Å². The minimum Gasteiger partial charge on any atom is -0.483 e. The molecule has 0 bridgehead atoms. The zero-order valence-electron chi connectivity index (χ0n) is 5.18. The van der Waals surface area contributed by atoms with Crippen molar-refractivity contribution < 1.29 is 4.74 Å². The quantitative estimate of drug-likeness (QED) is 0.591. The molecule has 0 fully saturated rings. The third-order valence-electron chi connectivity index (χ3n) is 1.03. The van der Waals surface area contributed by atoms with Crippen LogP contribution in [-0.4, -0.2) is 4.61 Å². The normalized spacial score (nSPS) is 9.40. The Morgan fingerprint density at radius 1 is 1.30 bits per heavy atom. The van der Waals surface area contributed by atoms with Gasteiger partial charge in [0.2, 0.25) is 0 Å². The maximum absolute atomic E-state index is 5.65. The summed E-state index contributed by atoms with van der Waals surface area (Å²) in [7, 11) is 0. The van der Waals surface area contributed by atoms with Gasteiger partial charge in [0.1, 0.15) is 10.4 Å². The lowest BCUT2D eigenvalue weighted by atomic mass is 10.3. The van der Waals surface area contributed by atoms with Crippen LogP contribution >= 0.6 is 34.2 Å². The van der Waals surface area contributed by atoms with E-state index in [1.807, 2.05) is 24.3 Å². The number of hydrogen-bond donors (Lipinski definition) is 0. The van der Waals surface area contributed by atoms with Gasteiger partial charge in [-0.15, -0.1) is 0 Å². The van der Waals surface area contributed by atoms with Gasteiger partial charge in [0.05, 0.1) is 0 Å². The summed E-state index contributed by atoms with van der Waals surface area (Å²) in [5.41, 5.74) is 0. The van der Waals surface area contributed by atoms with E-state index in [4.69, 9.17) is 16.3 Å². The summed E-state index contributed by atoms with van der Waals surface area (Å²) in [5, 5.41) is 0.737. The number of hydrogen-bond acceptors (Lipinski definition) is 1. The summed E-state index contributed by atoms with van der Waals surface area (Å²) >= 11 is 7.80. The molecule has 54 valence electrons. The first kappa shape index (κ1) is 8.14. The molecule has 0 unspecified atom stereocenters. The van der Waals surface area contributed by atoms with E-state index in [0.29, 0.717) is 4.61 Å². The highest BCUT2D eigenvalue weighted by molar-refractivity contribution is 14.1. The molecule has 1 aromatic rings. The molecule has 0 spiro atoms. The van der Waals surface area contributed by atoms with Crippen molar-refractivity contribution in [3.8, 4) is 5.75 Å². The molecule has 0 heterocycles. The number of alkyl halides is 1. The maximum atomic E-state index is 5.65. The molecule has 0 radical (unpaired) electrons. The Hall–Kier alpha value is 0.0400. The topological polar surface area (TPSA) is 9.23 Å². The SMILES string of the molecule is Clc1ccc(OCI)cc1. The zero-order chi connectivity index (χ0) is 7.40.